The van der Waals surface area contributed by atoms with Gasteiger partial charge >= 0.3 is 0 Å². The fraction of sp³-hybridized carbons (Fsp3) is 0.143. The summed E-state index contributed by atoms with van der Waals surface area (Å²) in [7, 11) is -1.63. The molecule has 4 aromatic rings. The van der Waals surface area contributed by atoms with Gasteiger partial charge in [-0.25, -0.2) is 8.42 Å². The predicted octanol–water partition coefficient (Wildman–Crippen LogP) is 3.68. The van der Waals surface area contributed by atoms with Crippen LogP contribution in [0.5, 0.6) is 0 Å². The van der Waals surface area contributed by atoms with Crippen molar-refractivity contribution in [2.75, 3.05) is 5.75 Å². The number of thiazole rings is 1. The zero-order valence-corrected chi connectivity index (χ0v) is 16.8. The molecule has 0 unspecified atom stereocenters. The van der Waals surface area contributed by atoms with Crippen molar-refractivity contribution >= 4 is 48.1 Å². The van der Waals surface area contributed by atoms with Gasteiger partial charge in [0.1, 0.15) is 0 Å². The number of fused-ring (bicyclic) bond motifs is 3. The van der Waals surface area contributed by atoms with Crippen LogP contribution in [-0.4, -0.2) is 24.6 Å². The fourth-order valence-corrected chi connectivity index (χ4v) is 5.52. The Morgan fingerprint density at radius 3 is 2.50 bits per heavy atom. The van der Waals surface area contributed by atoms with Gasteiger partial charge in [-0.1, -0.05) is 59.9 Å². The van der Waals surface area contributed by atoms with E-state index in [1.165, 1.54) is 23.5 Å². The quantitative estimate of drug-likeness (QED) is 0.515. The van der Waals surface area contributed by atoms with E-state index in [2.05, 4.69) is 4.99 Å². The van der Waals surface area contributed by atoms with Gasteiger partial charge in [0.05, 0.1) is 20.9 Å². The van der Waals surface area contributed by atoms with E-state index < -0.39 is 15.7 Å². The summed E-state index contributed by atoms with van der Waals surface area (Å²) in [6.45, 7) is 0. The molecule has 0 aliphatic carbocycles. The van der Waals surface area contributed by atoms with E-state index in [1.807, 2.05) is 48.0 Å². The molecule has 0 atom stereocenters. The van der Waals surface area contributed by atoms with Crippen molar-refractivity contribution < 1.29 is 13.2 Å². The number of rotatable bonds is 4. The van der Waals surface area contributed by atoms with Crippen LogP contribution in [0.15, 0.2) is 76.6 Å². The second-order valence-electron chi connectivity index (χ2n) is 6.47. The molecule has 0 N–H and O–H groups in total. The number of amides is 1. The monoisotopic (exact) mass is 410 g/mol. The minimum atomic E-state index is -3.50. The molecular weight excluding hydrogens is 392 g/mol. The van der Waals surface area contributed by atoms with E-state index in [9.17, 15) is 13.2 Å². The maximum absolute atomic E-state index is 12.3. The molecular formula is C21H18N2O3S2. The second kappa shape index (κ2) is 7.33. The second-order valence-corrected chi connectivity index (χ2v) is 9.55. The molecule has 0 bridgehead atoms. The number of aryl methyl sites for hydroxylation is 1. The van der Waals surface area contributed by atoms with Crippen molar-refractivity contribution in [2.24, 2.45) is 12.0 Å². The molecule has 1 amide bonds. The lowest BCUT2D eigenvalue weighted by Crippen LogP contribution is -2.15. The largest absolute Gasteiger partial charge is 0.319 e. The number of aromatic nitrogens is 1. The molecule has 0 fully saturated rings. The normalized spacial score (nSPS) is 12.7. The third kappa shape index (κ3) is 3.50. The number of hydrogen-bond donors (Lipinski definition) is 0. The third-order valence-electron chi connectivity index (χ3n) is 4.61. The van der Waals surface area contributed by atoms with Crippen LogP contribution in [0.3, 0.4) is 0 Å². The summed E-state index contributed by atoms with van der Waals surface area (Å²) in [6, 6.07) is 20.3. The number of hydrogen-bond acceptors (Lipinski definition) is 4. The number of carbonyl (C=O) groups excluding carboxylic acids is 1. The van der Waals surface area contributed by atoms with Crippen LogP contribution in [-0.2, 0) is 21.7 Å². The van der Waals surface area contributed by atoms with Crippen molar-refractivity contribution in [2.45, 2.75) is 11.3 Å². The van der Waals surface area contributed by atoms with Gasteiger partial charge in [-0.05, 0) is 23.6 Å². The number of benzene rings is 3. The lowest BCUT2D eigenvalue weighted by molar-refractivity contribution is -0.117. The number of carbonyl (C=O) groups is 1. The maximum atomic E-state index is 12.3. The van der Waals surface area contributed by atoms with Gasteiger partial charge in [-0.2, -0.15) is 4.99 Å². The zero-order chi connectivity index (χ0) is 19.7. The number of sulfone groups is 1. The highest BCUT2D eigenvalue weighted by molar-refractivity contribution is 7.91. The molecule has 1 aromatic heterocycles. The van der Waals surface area contributed by atoms with Gasteiger partial charge in [0.15, 0.2) is 14.6 Å². The predicted molar refractivity (Wildman–Crippen MR) is 112 cm³/mol. The molecule has 0 spiro atoms. The minimum Gasteiger partial charge on any atom is -0.319 e. The SMILES string of the molecule is Cn1c(=NC(=O)CCS(=O)(=O)c2ccccc2)sc2c3ccccc3ccc21. The Bertz CT molecular complexity index is 1350. The molecule has 142 valence electrons. The van der Waals surface area contributed by atoms with Crippen molar-refractivity contribution in [1.29, 1.82) is 0 Å². The molecule has 0 radical (unpaired) electrons. The number of nitrogens with zero attached hydrogens (tertiary/aromatic N) is 2. The Balaban J connectivity index is 1.64. The molecule has 1 heterocycles. The average molecular weight is 411 g/mol. The molecule has 0 saturated heterocycles. The first-order valence-corrected chi connectivity index (χ1v) is 11.3. The Morgan fingerprint density at radius 2 is 1.71 bits per heavy atom. The highest BCUT2D eigenvalue weighted by atomic mass is 32.2. The van der Waals surface area contributed by atoms with Crippen LogP contribution in [0.2, 0.25) is 0 Å². The third-order valence-corrected chi connectivity index (χ3v) is 7.52. The average Bonchev–Trinajstić information content (AvgIpc) is 3.03. The molecule has 7 heteroatoms. The van der Waals surface area contributed by atoms with Crippen LogP contribution in [0, 0.1) is 0 Å². The summed E-state index contributed by atoms with van der Waals surface area (Å²) < 4.78 is 27.6. The van der Waals surface area contributed by atoms with Crippen LogP contribution in [0.1, 0.15) is 6.42 Å². The molecule has 0 aliphatic rings. The van der Waals surface area contributed by atoms with Crippen molar-refractivity contribution in [3.63, 3.8) is 0 Å². The standard InChI is InChI=1S/C21H18N2O3S2/c1-23-18-12-11-15-7-5-6-10-17(15)20(18)27-21(23)22-19(24)13-14-28(25,26)16-8-3-2-4-9-16/h2-12H,13-14H2,1H3. The first-order valence-electron chi connectivity index (χ1n) is 8.78. The van der Waals surface area contributed by atoms with E-state index in [4.69, 9.17) is 0 Å². The minimum absolute atomic E-state index is 0.147. The van der Waals surface area contributed by atoms with Crippen molar-refractivity contribution in [1.82, 2.24) is 4.57 Å². The highest BCUT2D eigenvalue weighted by Gasteiger charge is 2.16. The van der Waals surface area contributed by atoms with E-state index in [-0.39, 0.29) is 17.1 Å². The highest BCUT2D eigenvalue weighted by Crippen LogP contribution is 2.27. The van der Waals surface area contributed by atoms with E-state index in [0.717, 1.165) is 21.0 Å². The topological polar surface area (TPSA) is 68.5 Å². The van der Waals surface area contributed by atoms with Gasteiger partial charge in [0.25, 0.3) is 0 Å². The molecule has 28 heavy (non-hydrogen) atoms. The van der Waals surface area contributed by atoms with Gasteiger partial charge in [-0.15, -0.1) is 0 Å². The van der Waals surface area contributed by atoms with Crippen LogP contribution >= 0.6 is 11.3 Å². The van der Waals surface area contributed by atoms with E-state index in [0.29, 0.717) is 4.80 Å². The molecule has 0 saturated carbocycles. The van der Waals surface area contributed by atoms with Crippen LogP contribution < -0.4 is 4.80 Å². The molecule has 5 nitrogen and oxygen atoms in total. The van der Waals surface area contributed by atoms with Crippen molar-refractivity contribution in [3.8, 4) is 0 Å². The summed E-state index contributed by atoms with van der Waals surface area (Å²) in [5.41, 5.74) is 0.993. The molecule has 0 aliphatic heterocycles. The van der Waals surface area contributed by atoms with Crippen LogP contribution in [0.4, 0.5) is 0 Å². The Labute approximate surface area is 166 Å². The summed E-state index contributed by atoms with van der Waals surface area (Å²) in [6.07, 6.45) is -0.147. The Morgan fingerprint density at radius 1 is 1.00 bits per heavy atom. The molecule has 3 aromatic carbocycles. The first-order chi connectivity index (χ1) is 13.5. The Kier molecular flexibility index (Phi) is 4.87. The lowest BCUT2D eigenvalue weighted by Gasteiger charge is -2.02. The zero-order valence-electron chi connectivity index (χ0n) is 15.2. The van der Waals surface area contributed by atoms with Gasteiger partial charge in [0, 0.05) is 18.9 Å². The van der Waals surface area contributed by atoms with Gasteiger partial charge < -0.3 is 4.57 Å². The van der Waals surface area contributed by atoms with Gasteiger partial charge in [0.2, 0.25) is 5.91 Å². The summed E-state index contributed by atoms with van der Waals surface area (Å²) >= 11 is 1.44. The maximum Gasteiger partial charge on any atom is 0.249 e. The van der Waals surface area contributed by atoms with Gasteiger partial charge in [-0.3, -0.25) is 4.79 Å². The smallest absolute Gasteiger partial charge is 0.249 e. The molecule has 4 rings (SSSR count). The first kappa shape index (κ1) is 18.6. The van der Waals surface area contributed by atoms with E-state index >= 15 is 0 Å². The van der Waals surface area contributed by atoms with Crippen molar-refractivity contribution in [3.05, 3.63) is 71.5 Å². The summed E-state index contributed by atoms with van der Waals surface area (Å²) in [5, 5.41) is 2.24. The van der Waals surface area contributed by atoms with Crippen LogP contribution in [0.25, 0.3) is 21.0 Å². The van der Waals surface area contributed by atoms with E-state index in [1.54, 1.807) is 18.2 Å². The Hall–Kier alpha value is -2.77. The summed E-state index contributed by atoms with van der Waals surface area (Å²) in [5.74, 6) is -0.692. The summed E-state index contributed by atoms with van der Waals surface area (Å²) in [4.78, 5) is 17.3. The fourth-order valence-electron chi connectivity index (χ4n) is 3.09. The lowest BCUT2D eigenvalue weighted by atomic mass is 10.1.